The number of hydrogen-bond acceptors (Lipinski definition) is 15. The minimum atomic E-state index is -0.801. The summed E-state index contributed by atoms with van der Waals surface area (Å²) >= 11 is 0. The van der Waals surface area contributed by atoms with Crippen molar-refractivity contribution >= 4 is 17.7 Å². The summed E-state index contributed by atoms with van der Waals surface area (Å²) in [6, 6.07) is 47.4. The lowest BCUT2D eigenvalue weighted by Crippen LogP contribution is -2.48. The molecule has 6 atom stereocenters. The second kappa shape index (κ2) is 25.9. The second-order valence-corrected chi connectivity index (χ2v) is 24.4. The van der Waals surface area contributed by atoms with Crippen LogP contribution in [0.5, 0.6) is 40.2 Å². The van der Waals surface area contributed by atoms with Crippen LogP contribution < -0.4 is 35.2 Å². The Balaban J connectivity index is 0.880. The largest absolute Gasteiger partial charge is 0.502 e. The number of likely N-dealkylation sites (N-methyl/N-ethyl adjacent to an activating group) is 2. The summed E-state index contributed by atoms with van der Waals surface area (Å²) in [4.78, 5) is 89.7. The van der Waals surface area contributed by atoms with Crippen molar-refractivity contribution in [3.8, 4) is 40.2 Å². The molecule has 0 saturated heterocycles. The van der Waals surface area contributed by atoms with E-state index < -0.39 is 69.7 Å². The molecule has 1 fully saturated rings. The molecule has 1 aliphatic carbocycles. The number of fused-ring (bicyclic) bond motifs is 3. The Morgan fingerprint density at radius 2 is 0.892 bits per heavy atom. The van der Waals surface area contributed by atoms with E-state index in [0.29, 0.717) is 29.4 Å². The van der Waals surface area contributed by atoms with Gasteiger partial charge in [-0.25, -0.2) is 0 Å². The molecule has 1 N–H and O–H groups in total. The fourth-order valence-corrected chi connectivity index (χ4v) is 13.2. The van der Waals surface area contributed by atoms with E-state index in [4.69, 9.17) is 33.9 Å². The van der Waals surface area contributed by atoms with Crippen LogP contribution in [0.1, 0.15) is 127 Å². The molecule has 93 heavy (non-hydrogen) atoms. The molecule has 4 aliphatic rings. The first-order valence-electron chi connectivity index (χ1n) is 31.1. The van der Waals surface area contributed by atoms with E-state index in [0.717, 1.165) is 53.2 Å². The number of aromatic nitrogens is 6. The van der Waals surface area contributed by atoms with Crippen LogP contribution in [0.2, 0.25) is 0 Å². The summed E-state index contributed by atoms with van der Waals surface area (Å²) < 4.78 is 35.9. The lowest BCUT2D eigenvalue weighted by molar-refractivity contribution is 0.0565. The maximum atomic E-state index is 14.9. The average molecular weight is 1250 g/mol. The molecule has 1 saturated carbocycles. The zero-order valence-corrected chi connectivity index (χ0v) is 52.0. The molecule has 474 valence electrons. The van der Waals surface area contributed by atoms with Crippen LogP contribution in [-0.2, 0) is 4.74 Å². The van der Waals surface area contributed by atoms with Crippen molar-refractivity contribution in [1.29, 1.82) is 0 Å². The standard InChI is InChI=1S/C72H69N9O12/c1-43(2)91-52-25-13-22-49(33-52)63(50-23-15-27-54(35-50)93-68-59(83)37-74-80-55(39-76(3)70(86)65(68)80)61(45-16-8-6-9-17-45)47-20-12-24-51(32-47)90-42-44-28-29-44)56-40-77(4)71(87)66-69(60(84)38-75-81(56)66)92-53-26-14-21-48(34-53)62(46-18-10-7-11-19-46)57-41-78(30-31-89-5)72(88)64-67(85)58(82)36-73-79(57)64/h6-27,32-38,43-44,55-57,61-63,85H,28-31,39-42H2,1-5H3. The molecule has 6 heterocycles. The third-order valence-corrected chi connectivity index (χ3v) is 17.7. The summed E-state index contributed by atoms with van der Waals surface area (Å²) in [5.74, 6) is -2.07. The number of benzene rings is 6. The van der Waals surface area contributed by atoms with Crippen LogP contribution in [0.25, 0.3) is 0 Å². The molecular formula is C72H69N9O12. The molecule has 21 heteroatoms. The lowest BCUT2D eigenvalue weighted by atomic mass is 9.83. The van der Waals surface area contributed by atoms with Crippen LogP contribution in [-0.4, -0.2) is 134 Å². The van der Waals surface area contributed by atoms with Crippen molar-refractivity contribution in [2.75, 3.05) is 60.6 Å². The average Bonchev–Trinajstić information content (AvgIpc) is 1.03. The van der Waals surface area contributed by atoms with Gasteiger partial charge in [-0.1, -0.05) is 109 Å². The lowest BCUT2D eigenvalue weighted by Gasteiger charge is -2.39. The maximum absolute atomic E-state index is 14.9. The molecule has 0 spiro atoms. The first-order valence-corrected chi connectivity index (χ1v) is 31.1. The number of ether oxygens (including phenoxy) is 5. The molecular weight excluding hydrogens is 1180 g/mol. The highest BCUT2D eigenvalue weighted by atomic mass is 16.5. The fraction of sp³-hybridized carbons (Fsp3) is 0.292. The van der Waals surface area contributed by atoms with E-state index >= 15 is 0 Å². The molecule has 0 bridgehead atoms. The SMILES string of the molecule is COCCN1CC(C(c2ccccc2)c2cccc(Oc3c4n(ncc3=O)C(C(c3cccc(Oc5c6n(ncc5=O)C(C(c5ccccc5)c5cccc(OCC7CC7)c5)CN(C)C6=O)c3)c3cccc(OC(C)C)c3)CN(C)C4=O)c2)n2ncc(=O)c(O)c2C1=O. The highest BCUT2D eigenvalue weighted by molar-refractivity contribution is 5.97. The van der Waals surface area contributed by atoms with Crippen molar-refractivity contribution in [1.82, 2.24) is 44.0 Å². The van der Waals surface area contributed by atoms with Crippen LogP contribution >= 0.6 is 0 Å². The zero-order chi connectivity index (χ0) is 64.6. The number of nitrogens with zero attached hydrogens (tertiary/aromatic N) is 9. The molecule has 21 nitrogen and oxygen atoms in total. The summed E-state index contributed by atoms with van der Waals surface area (Å²) in [5, 5.41) is 25.0. The fourth-order valence-electron chi connectivity index (χ4n) is 13.2. The Hall–Kier alpha value is -10.7. The highest BCUT2D eigenvalue weighted by Gasteiger charge is 2.43. The van der Waals surface area contributed by atoms with Gasteiger partial charge in [0.25, 0.3) is 17.7 Å². The quantitative estimate of drug-likeness (QED) is 0.0706. The van der Waals surface area contributed by atoms with Crippen molar-refractivity contribution in [3.63, 3.8) is 0 Å². The van der Waals surface area contributed by atoms with Gasteiger partial charge in [0.2, 0.25) is 27.8 Å². The van der Waals surface area contributed by atoms with Gasteiger partial charge in [-0.3, -0.25) is 42.8 Å². The van der Waals surface area contributed by atoms with Gasteiger partial charge in [0.05, 0.1) is 56.0 Å². The Morgan fingerprint density at radius 1 is 0.484 bits per heavy atom. The van der Waals surface area contributed by atoms with E-state index in [1.807, 2.05) is 135 Å². The number of rotatable bonds is 21. The minimum Gasteiger partial charge on any atom is -0.502 e. The van der Waals surface area contributed by atoms with Crippen LogP contribution in [0, 0.1) is 5.92 Å². The summed E-state index contributed by atoms with van der Waals surface area (Å²) in [5.41, 5.74) is 2.34. The van der Waals surface area contributed by atoms with Gasteiger partial charge in [-0.2, -0.15) is 15.3 Å². The maximum Gasteiger partial charge on any atom is 0.276 e. The molecule has 6 unspecified atom stereocenters. The molecule has 6 aromatic carbocycles. The predicted molar refractivity (Wildman–Crippen MR) is 344 cm³/mol. The summed E-state index contributed by atoms with van der Waals surface area (Å²) in [7, 11) is 4.87. The van der Waals surface area contributed by atoms with Crippen LogP contribution in [0.4, 0.5) is 0 Å². The van der Waals surface area contributed by atoms with Gasteiger partial charge in [0.1, 0.15) is 23.0 Å². The number of carbonyl (C=O) groups excluding carboxylic acids is 3. The monoisotopic (exact) mass is 1250 g/mol. The van der Waals surface area contributed by atoms with Crippen molar-refractivity contribution in [3.05, 3.63) is 257 Å². The van der Waals surface area contributed by atoms with Gasteiger partial charge < -0.3 is 43.5 Å². The number of aromatic hydroxyl groups is 1. The van der Waals surface area contributed by atoms with Gasteiger partial charge in [0, 0.05) is 65.1 Å². The topological polar surface area (TPSA) is 232 Å². The van der Waals surface area contributed by atoms with Crippen molar-refractivity contribution in [2.24, 2.45) is 5.92 Å². The molecule has 13 rings (SSSR count). The third-order valence-electron chi connectivity index (χ3n) is 17.7. The first kappa shape index (κ1) is 61.2. The van der Waals surface area contributed by atoms with E-state index in [9.17, 15) is 33.9 Å². The first-order chi connectivity index (χ1) is 45.1. The number of hydrogen-bond donors (Lipinski definition) is 1. The normalized spacial score (nSPS) is 17.9. The molecule has 3 aliphatic heterocycles. The van der Waals surface area contributed by atoms with Crippen LogP contribution in [0.3, 0.4) is 0 Å². The summed E-state index contributed by atoms with van der Waals surface area (Å²) in [6.07, 6.45) is 5.43. The summed E-state index contributed by atoms with van der Waals surface area (Å²) in [6.45, 7) is 5.33. The van der Waals surface area contributed by atoms with Gasteiger partial charge >= 0.3 is 0 Å². The number of amides is 3. The Kier molecular flexibility index (Phi) is 17.0. The zero-order valence-electron chi connectivity index (χ0n) is 52.0. The predicted octanol–water partition coefficient (Wildman–Crippen LogP) is 9.62. The van der Waals surface area contributed by atoms with Gasteiger partial charge in [-0.05, 0) is 115 Å². The minimum absolute atomic E-state index is 0.0116. The van der Waals surface area contributed by atoms with Crippen molar-refractivity contribution in [2.45, 2.75) is 68.7 Å². The van der Waals surface area contributed by atoms with E-state index in [2.05, 4.69) is 5.10 Å². The van der Waals surface area contributed by atoms with E-state index in [1.54, 1.807) is 60.1 Å². The highest BCUT2D eigenvalue weighted by Crippen LogP contribution is 2.46. The van der Waals surface area contributed by atoms with Crippen LogP contribution in [0.15, 0.2) is 191 Å². The Labute approximate surface area is 535 Å². The molecule has 0 radical (unpaired) electrons. The molecule has 3 aromatic heterocycles. The Morgan fingerprint density at radius 3 is 1.37 bits per heavy atom. The van der Waals surface area contributed by atoms with Crippen molar-refractivity contribution < 1.29 is 43.2 Å². The molecule has 3 amide bonds. The third kappa shape index (κ3) is 12.3. The number of carbonyl (C=O) groups is 3. The molecule has 9 aromatic rings. The Bertz CT molecular complexity index is 4490. The van der Waals surface area contributed by atoms with E-state index in [1.165, 1.54) is 32.5 Å². The van der Waals surface area contributed by atoms with Gasteiger partial charge in [-0.15, -0.1) is 0 Å². The van der Waals surface area contributed by atoms with Gasteiger partial charge in [0.15, 0.2) is 22.8 Å². The second-order valence-electron chi connectivity index (χ2n) is 24.4. The number of methoxy groups -OCH3 is 1. The smallest absolute Gasteiger partial charge is 0.276 e. The van der Waals surface area contributed by atoms with E-state index in [-0.39, 0.29) is 84.9 Å².